The third-order valence-electron chi connectivity index (χ3n) is 4.97. The van der Waals surface area contributed by atoms with E-state index in [1.807, 2.05) is 6.07 Å². The van der Waals surface area contributed by atoms with Gasteiger partial charge in [0.2, 0.25) is 0 Å². The van der Waals surface area contributed by atoms with Crippen molar-refractivity contribution in [3.63, 3.8) is 0 Å². The van der Waals surface area contributed by atoms with Gasteiger partial charge in [0.05, 0.1) is 23.6 Å². The molecule has 0 saturated carbocycles. The van der Waals surface area contributed by atoms with Crippen LogP contribution in [0, 0.1) is 11.3 Å². The zero-order valence-electron chi connectivity index (χ0n) is 18.0. The van der Waals surface area contributed by atoms with Gasteiger partial charge in [-0.1, -0.05) is 19.1 Å². The molecule has 3 aromatic heterocycles. The zero-order chi connectivity index (χ0) is 25.4. The molecule has 0 aliphatic rings. The first-order valence-corrected chi connectivity index (χ1v) is 11.7. The molecule has 4 rings (SSSR count). The fraction of sp³-hybridized carbons (Fsp3) is 0.182. The van der Waals surface area contributed by atoms with Crippen LogP contribution in [-0.2, 0) is 9.84 Å². The highest BCUT2D eigenvalue weighted by molar-refractivity contribution is 7.91. The molecule has 13 heteroatoms. The van der Waals surface area contributed by atoms with Crippen molar-refractivity contribution in [1.82, 2.24) is 19.2 Å². The second kappa shape index (κ2) is 8.88. The average molecular weight is 503 g/mol. The topological polar surface area (TPSA) is 119 Å². The second-order valence-electron chi connectivity index (χ2n) is 7.33. The van der Waals surface area contributed by atoms with E-state index in [2.05, 4.69) is 14.8 Å². The quantitative estimate of drug-likeness (QED) is 0.396. The van der Waals surface area contributed by atoms with Crippen LogP contribution in [0.1, 0.15) is 12.5 Å². The number of halogens is 3. The van der Waals surface area contributed by atoms with E-state index in [-0.39, 0.29) is 27.9 Å². The van der Waals surface area contributed by atoms with Crippen molar-refractivity contribution in [2.45, 2.75) is 18.0 Å². The molecule has 0 amide bonds. The molecule has 1 aromatic carbocycles. The van der Waals surface area contributed by atoms with Crippen LogP contribution in [0.25, 0.3) is 22.6 Å². The molecule has 0 aliphatic heterocycles. The van der Waals surface area contributed by atoms with E-state index in [0.29, 0.717) is 16.7 Å². The van der Waals surface area contributed by atoms with E-state index < -0.39 is 28.3 Å². The van der Waals surface area contributed by atoms with Gasteiger partial charge in [0.25, 0.3) is 0 Å². The van der Waals surface area contributed by atoms with Crippen LogP contribution in [0.5, 0.6) is 5.75 Å². The van der Waals surface area contributed by atoms with Gasteiger partial charge >= 0.3 is 11.9 Å². The minimum atomic E-state index is -4.56. The second-order valence-corrected chi connectivity index (χ2v) is 9.58. The summed E-state index contributed by atoms with van der Waals surface area (Å²) in [7, 11) is -3.90. The number of nitrogens with zero attached hydrogens (tertiary/aromatic N) is 5. The lowest BCUT2D eigenvalue weighted by molar-refractivity contribution is -0.153. The molecule has 0 radical (unpaired) electrons. The Morgan fingerprint density at radius 1 is 1.14 bits per heavy atom. The Morgan fingerprint density at radius 3 is 2.60 bits per heavy atom. The number of ether oxygens (including phenoxy) is 1. The average Bonchev–Trinajstić information content (AvgIpc) is 3.17. The maximum Gasteiger partial charge on any atom is 0.422 e. The Bertz CT molecular complexity index is 1640. The third-order valence-corrected chi connectivity index (χ3v) is 6.70. The van der Waals surface area contributed by atoms with Gasteiger partial charge in [-0.2, -0.15) is 23.1 Å². The van der Waals surface area contributed by atoms with E-state index >= 15 is 0 Å². The van der Waals surface area contributed by atoms with Crippen molar-refractivity contribution >= 4 is 15.5 Å². The Balaban J connectivity index is 1.85. The fourth-order valence-electron chi connectivity index (χ4n) is 3.25. The Morgan fingerprint density at radius 2 is 1.91 bits per heavy atom. The molecule has 9 nitrogen and oxygen atoms in total. The SMILES string of the molecule is CCS(=O)(=O)c1cc(-c2cccc(C#N)c2)cnc1-n1nc2ccc(OCC(F)(F)F)cn2c1=O. The van der Waals surface area contributed by atoms with Gasteiger partial charge in [0.15, 0.2) is 27.9 Å². The number of nitriles is 1. The van der Waals surface area contributed by atoms with Crippen molar-refractivity contribution in [1.29, 1.82) is 5.26 Å². The van der Waals surface area contributed by atoms with E-state index in [9.17, 15) is 26.4 Å². The molecule has 180 valence electrons. The van der Waals surface area contributed by atoms with Crippen molar-refractivity contribution in [2.75, 3.05) is 12.4 Å². The molecule has 0 saturated heterocycles. The number of aromatic nitrogens is 4. The van der Waals surface area contributed by atoms with Crippen LogP contribution in [0.15, 0.2) is 64.5 Å². The number of fused-ring (bicyclic) bond motifs is 1. The van der Waals surface area contributed by atoms with Gasteiger partial charge in [-0.25, -0.2) is 22.6 Å². The fourth-order valence-corrected chi connectivity index (χ4v) is 4.29. The number of hydrogen-bond donors (Lipinski definition) is 0. The lowest BCUT2D eigenvalue weighted by Gasteiger charge is -2.10. The summed E-state index contributed by atoms with van der Waals surface area (Å²) in [6.07, 6.45) is -2.19. The van der Waals surface area contributed by atoms with Gasteiger partial charge in [-0.05, 0) is 35.9 Å². The molecular weight excluding hydrogens is 487 g/mol. The third kappa shape index (κ3) is 4.87. The molecule has 0 bridgehead atoms. The monoisotopic (exact) mass is 503 g/mol. The minimum absolute atomic E-state index is 0.0433. The van der Waals surface area contributed by atoms with Crippen LogP contribution in [0.3, 0.4) is 0 Å². The minimum Gasteiger partial charge on any atom is -0.483 e. The number of hydrogen-bond acceptors (Lipinski definition) is 7. The van der Waals surface area contributed by atoms with Gasteiger partial charge in [0, 0.05) is 11.8 Å². The van der Waals surface area contributed by atoms with E-state index in [4.69, 9.17) is 5.26 Å². The van der Waals surface area contributed by atoms with Crippen LogP contribution in [0.2, 0.25) is 0 Å². The molecule has 0 fully saturated rings. The predicted octanol–water partition coefficient (Wildman–Crippen LogP) is 3.15. The number of sulfone groups is 1. The molecule has 35 heavy (non-hydrogen) atoms. The first-order chi connectivity index (χ1) is 16.5. The maximum atomic E-state index is 13.0. The van der Waals surface area contributed by atoms with Crippen LogP contribution in [0.4, 0.5) is 13.2 Å². The van der Waals surface area contributed by atoms with Gasteiger partial charge in [-0.15, -0.1) is 5.10 Å². The van der Waals surface area contributed by atoms with Crippen LogP contribution in [-0.4, -0.2) is 46.1 Å². The number of alkyl halides is 3. The van der Waals surface area contributed by atoms with Gasteiger partial charge in [-0.3, -0.25) is 0 Å². The van der Waals surface area contributed by atoms with Crippen LogP contribution < -0.4 is 10.4 Å². The zero-order valence-corrected chi connectivity index (χ0v) is 18.8. The van der Waals surface area contributed by atoms with Gasteiger partial charge in [0.1, 0.15) is 10.6 Å². The largest absolute Gasteiger partial charge is 0.483 e. The summed E-state index contributed by atoms with van der Waals surface area (Å²) in [5.74, 6) is -0.780. The van der Waals surface area contributed by atoms with E-state index in [1.165, 1.54) is 31.3 Å². The van der Waals surface area contributed by atoms with Crippen LogP contribution >= 0.6 is 0 Å². The molecule has 0 atom stereocenters. The summed E-state index contributed by atoms with van der Waals surface area (Å²) >= 11 is 0. The number of benzene rings is 1. The van der Waals surface area contributed by atoms with E-state index in [0.717, 1.165) is 15.3 Å². The highest BCUT2D eigenvalue weighted by Crippen LogP contribution is 2.27. The highest BCUT2D eigenvalue weighted by Gasteiger charge is 2.29. The molecular formula is C22H16F3N5O4S. The number of rotatable bonds is 6. The molecule has 0 unspecified atom stereocenters. The summed E-state index contributed by atoms with van der Waals surface area (Å²) in [4.78, 5) is 16.9. The normalized spacial score (nSPS) is 12.0. The molecule has 0 aliphatic carbocycles. The first-order valence-electron chi connectivity index (χ1n) is 10.1. The Labute approximate surface area is 196 Å². The number of pyridine rings is 2. The lowest BCUT2D eigenvalue weighted by Crippen LogP contribution is -2.23. The van der Waals surface area contributed by atoms with Crippen molar-refractivity contribution in [2.24, 2.45) is 0 Å². The molecule has 0 N–H and O–H groups in total. The predicted molar refractivity (Wildman–Crippen MR) is 118 cm³/mol. The van der Waals surface area contributed by atoms with Crippen molar-refractivity contribution in [3.05, 3.63) is 70.9 Å². The molecule has 0 spiro atoms. The summed E-state index contributed by atoms with van der Waals surface area (Å²) in [5.41, 5.74) is 0.507. The summed E-state index contributed by atoms with van der Waals surface area (Å²) < 4.78 is 69.5. The molecule has 4 aromatic rings. The smallest absolute Gasteiger partial charge is 0.422 e. The van der Waals surface area contributed by atoms with Crippen molar-refractivity contribution < 1.29 is 26.3 Å². The summed E-state index contributed by atoms with van der Waals surface area (Å²) in [6.45, 7) is -0.116. The molecule has 3 heterocycles. The maximum absolute atomic E-state index is 13.0. The summed E-state index contributed by atoms with van der Waals surface area (Å²) in [5, 5.41) is 13.2. The first kappa shape index (κ1) is 24.0. The standard InChI is InChI=1S/C22H16F3N5O4S/c1-2-35(32,33)18-9-16(15-5-3-4-14(8-15)10-26)11-27-20(18)30-21(31)29-12-17(6-7-19(29)28-30)34-13-22(23,24)25/h3-9,11-12H,2,13H2,1H3. The van der Waals surface area contributed by atoms with E-state index in [1.54, 1.807) is 24.3 Å². The van der Waals surface area contributed by atoms with Gasteiger partial charge < -0.3 is 4.74 Å². The lowest BCUT2D eigenvalue weighted by atomic mass is 10.1. The summed E-state index contributed by atoms with van der Waals surface area (Å²) in [6, 6.07) is 12.3. The highest BCUT2D eigenvalue weighted by atomic mass is 32.2. The van der Waals surface area contributed by atoms with Crippen molar-refractivity contribution in [3.8, 4) is 28.8 Å². The Hall–Kier alpha value is -4.18. The Kier molecular flexibility index (Phi) is 6.08.